The summed E-state index contributed by atoms with van der Waals surface area (Å²) in [5, 5.41) is 13.9. The van der Waals surface area contributed by atoms with Gasteiger partial charge in [-0.25, -0.2) is 4.57 Å². The number of phosphoric ester groups is 1. The number of aliphatic hydroxyl groups excluding tert-OH is 1. The summed E-state index contributed by atoms with van der Waals surface area (Å²) in [7, 11) is 1.63. The lowest BCUT2D eigenvalue weighted by atomic mass is 10.0. The average molecular weight is 748 g/mol. The molecular formula is C42H88N2O6P+. The standard InChI is InChI=1S/C42H87N2O6P/c1-6-8-10-12-14-16-18-19-20-21-22-23-24-26-28-30-32-34-36-42(46)43-40(39-50-51(47,48)49-38-37-44(3,4)5)41(45)35-33-31-29-27-25-17-15-13-11-9-7-2/h40-41,45H,6-39H2,1-5H3,(H-,43,46,47,48)/p+1/t40-,41+/m0/s1. The highest BCUT2D eigenvalue weighted by molar-refractivity contribution is 7.47. The van der Waals surface area contributed by atoms with Crippen LogP contribution in [-0.2, 0) is 18.4 Å². The van der Waals surface area contributed by atoms with Gasteiger partial charge in [-0.15, -0.1) is 0 Å². The summed E-state index contributed by atoms with van der Waals surface area (Å²) >= 11 is 0. The van der Waals surface area contributed by atoms with Crippen LogP contribution in [0.25, 0.3) is 0 Å². The summed E-state index contributed by atoms with van der Waals surface area (Å²) in [4.78, 5) is 23.1. The zero-order valence-electron chi connectivity index (χ0n) is 34.6. The number of likely N-dealkylation sites (N-methyl/N-ethyl adjacent to an activating group) is 1. The molecule has 0 aliphatic carbocycles. The lowest BCUT2D eigenvalue weighted by molar-refractivity contribution is -0.870. The third-order valence-electron chi connectivity index (χ3n) is 10.1. The van der Waals surface area contributed by atoms with Gasteiger partial charge in [-0.05, 0) is 12.8 Å². The molecule has 0 aromatic heterocycles. The van der Waals surface area contributed by atoms with Crippen molar-refractivity contribution in [1.82, 2.24) is 5.32 Å². The Bertz CT molecular complexity index is 809. The molecule has 0 aliphatic heterocycles. The molecule has 0 aliphatic rings. The lowest BCUT2D eigenvalue weighted by Crippen LogP contribution is -2.46. The lowest BCUT2D eigenvalue weighted by Gasteiger charge is -2.26. The van der Waals surface area contributed by atoms with Crippen LogP contribution in [0.3, 0.4) is 0 Å². The maximum atomic E-state index is 12.9. The molecule has 1 amide bonds. The van der Waals surface area contributed by atoms with Crippen LogP contribution < -0.4 is 5.32 Å². The molecule has 0 saturated carbocycles. The predicted molar refractivity (Wildman–Crippen MR) is 217 cm³/mol. The number of nitrogens with zero attached hydrogens (tertiary/aromatic N) is 1. The SMILES string of the molecule is CCCCCCCCCCCCCCCCCCCCC(=O)N[C@@H](COP(=O)(O)OCC[N+](C)(C)C)[C@H](O)CCCCCCCCCCCCC. The van der Waals surface area contributed by atoms with Crippen molar-refractivity contribution < 1.29 is 32.9 Å². The number of hydrogen-bond donors (Lipinski definition) is 3. The van der Waals surface area contributed by atoms with E-state index in [1.165, 1.54) is 148 Å². The van der Waals surface area contributed by atoms with Crippen molar-refractivity contribution in [3.8, 4) is 0 Å². The van der Waals surface area contributed by atoms with E-state index < -0.39 is 20.0 Å². The Morgan fingerprint density at radius 3 is 1.31 bits per heavy atom. The number of rotatable bonds is 40. The van der Waals surface area contributed by atoms with Crippen molar-refractivity contribution in [3.05, 3.63) is 0 Å². The van der Waals surface area contributed by atoms with E-state index >= 15 is 0 Å². The minimum atomic E-state index is -4.30. The van der Waals surface area contributed by atoms with Crippen molar-refractivity contribution in [2.45, 2.75) is 225 Å². The Hall–Kier alpha value is -0.500. The molecule has 0 fully saturated rings. The molecule has 0 bridgehead atoms. The minimum Gasteiger partial charge on any atom is -0.391 e. The topological polar surface area (TPSA) is 105 Å². The molecule has 0 spiro atoms. The van der Waals surface area contributed by atoms with Gasteiger partial charge in [-0.1, -0.05) is 194 Å². The highest BCUT2D eigenvalue weighted by Crippen LogP contribution is 2.43. The summed E-state index contributed by atoms with van der Waals surface area (Å²) in [5.41, 5.74) is 0. The second-order valence-electron chi connectivity index (χ2n) is 16.4. The number of phosphoric acid groups is 1. The number of carbonyl (C=O) groups excluding carboxylic acids is 1. The van der Waals surface area contributed by atoms with Crippen LogP contribution in [0.15, 0.2) is 0 Å². The molecule has 1 unspecified atom stereocenters. The van der Waals surface area contributed by atoms with E-state index in [0.29, 0.717) is 23.9 Å². The number of hydrogen-bond acceptors (Lipinski definition) is 5. The molecule has 0 rings (SSSR count). The largest absolute Gasteiger partial charge is 0.472 e. The van der Waals surface area contributed by atoms with E-state index in [1.807, 2.05) is 21.1 Å². The maximum absolute atomic E-state index is 12.9. The maximum Gasteiger partial charge on any atom is 0.472 e. The highest BCUT2D eigenvalue weighted by atomic mass is 31.2. The summed E-state index contributed by atoms with van der Waals surface area (Å²) in [6.45, 7) is 4.89. The number of nitrogens with one attached hydrogen (secondary N) is 1. The van der Waals surface area contributed by atoms with Crippen molar-refractivity contribution in [3.63, 3.8) is 0 Å². The van der Waals surface area contributed by atoms with Crippen LogP contribution in [0.2, 0.25) is 0 Å². The first kappa shape index (κ1) is 50.5. The van der Waals surface area contributed by atoms with Crippen LogP contribution >= 0.6 is 7.82 Å². The van der Waals surface area contributed by atoms with Crippen LogP contribution in [0.1, 0.15) is 213 Å². The summed E-state index contributed by atoms with van der Waals surface area (Å²) in [5.74, 6) is -0.142. The molecule has 51 heavy (non-hydrogen) atoms. The second kappa shape index (κ2) is 35.2. The smallest absolute Gasteiger partial charge is 0.391 e. The molecule has 9 heteroatoms. The van der Waals surface area contributed by atoms with Gasteiger partial charge >= 0.3 is 7.82 Å². The van der Waals surface area contributed by atoms with Gasteiger partial charge in [0.25, 0.3) is 0 Å². The van der Waals surface area contributed by atoms with Gasteiger partial charge in [0.05, 0.1) is 39.9 Å². The monoisotopic (exact) mass is 748 g/mol. The Kier molecular flexibility index (Phi) is 34.9. The van der Waals surface area contributed by atoms with Crippen molar-refractivity contribution in [2.24, 2.45) is 0 Å². The predicted octanol–water partition coefficient (Wildman–Crippen LogP) is 11.8. The van der Waals surface area contributed by atoms with E-state index in [1.54, 1.807) is 0 Å². The van der Waals surface area contributed by atoms with Gasteiger partial charge < -0.3 is 19.8 Å². The quantitative estimate of drug-likeness (QED) is 0.0327. The Labute approximate surface area is 317 Å². The number of unbranched alkanes of at least 4 members (excludes halogenated alkanes) is 27. The molecule has 0 aromatic carbocycles. The van der Waals surface area contributed by atoms with Crippen molar-refractivity contribution >= 4 is 13.7 Å². The fourth-order valence-electron chi connectivity index (χ4n) is 6.58. The van der Waals surface area contributed by atoms with Crippen LogP contribution in [0.5, 0.6) is 0 Å². The van der Waals surface area contributed by atoms with Gasteiger partial charge in [0.15, 0.2) is 0 Å². The Morgan fingerprint density at radius 1 is 0.588 bits per heavy atom. The zero-order valence-corrected chi connectivity index (χ0v) is 35.5. The molecule has 0 radical (unpaired) electrons. The molecule has 3 N–H and O–H groups in total. The molecule has 0 aromatic rings. The Balaban J connectivity index is 4.28. The van der Waals surface area contributed by atoms with E-state index in [9.17, 15) is 19.4 Å². The average Bonchev–Trinajstić information content (AvgIpc) is 3.07. The fourth-order valence-corrected chi connectivity index (χ4v) is 7.31. The zero-order chi connectivity index (χ0) is 37.9. The molecule has 8 nitrogen and oxygen atoms in total. The number of aliphatic hydroxyl groups is 1. The van der Waals surface area contributed by atoms with Crippen LogP contribution in [-0.4, -0.2) is 73.4 Å². The summed E-state index contributed by atoms with van der Waals surface area (Å²) < 4.78 is 23.6. The number of carbonyl (C=O) groups is 1. The van der Waals surface area contributed by atoms with Crippen molar-refractivity contribution in [2.75, 3.05) is 40.9 Å². The summed E-state index contributed by atoms with van der Waals surface area (Å²) in [6, 6.07) is -0.751. The fraction of sp³-hybridized carbons (Fsp3) is 0.976. The van der Waals surface area contributed by atoms with E-state index in [-0.39, 0.29) is 19.1 Å². The second-order valence-corrected chi connectivity index (χ2v) is 17.9. The van der Waals surface area contributed by atoms with Gasteiger partial charge in [0.1, 0.15) is 13.2 Å². The molecular weight excluding hydrogens is 659 g/mol. The number of amides is 1. The molecule has 3 atom stereocenters. The van der Waals surface area contributed by atoms with E-state index in [0.717, 1.165) is 38.5 Å². The van der Waals surface area contributed by atoms with Gasteiger partial charge in [-0.2, -0.15) is 0 Å². The highest BCUT2D eigenvalue weighted by Gasteiger charge is 2.28. The molecule has 0 saturated heterocycles. The first-order valence-electron chi connectivity index (χ1n) is 21.9. The molecule has 306 valence electrons. The third-order valence-corrected chi connectivity index (χ3v) is 11.1. The number of quaternary nitrogens is 1. The van der Waals surface area contributed by atoms with Crippen molar-refractivity contribution in [1.29, 1.82) is 0 Å². The minimum absolute atomic E-state index is 0.0783. The Morgan fingerprint density at radius 2 is 0.941 bits per heavy atom. The van der Waals surface area contributed by atoms with Gasteiger partial charge in [-0.3, -0.25) is 13.8 Å². The van der Waals surface area contributed by atoms with E-state index in [2.05, 4.69) is 19.2 Å². The molecule has 0 heterocycles. The van der Waals surface area contributed by atoms with Gasteiger partial charge in [0.2, 0.25) is 5.91 Å². The van der Waals surface area contributed by atoms with Gasteiger partial charge in [0, 0.05) is 6.42 Å². The third kappa shape index (κ3) is 37.6. The normalized spacial score (nSPS) is 14.4. The first-order chi connectivity index (χ1) is 24.5. The first-order valence-corrected chi connectivity index (χ1v) is 23.4. The van der Waals surface area contributed by atoms with E-state index in [4.69, 9.17) is 9.05 Å². The van der Waals surface area contributed by atoms with Crippen LogP contribution in [0.4, 0.5) is 0 Å². The van der Waals surface area contributed by atoms with Crippen LogP contribution in [0, 0.1) is 0 Å². The summed E-state index contributed by atoms with van der Waals surface area (Å²) in [6.07, 6.45) is 36.9.